The Morgan fingerprint density at radius 3 is 2.22 bits per heavy atom. The number of para-hydroxylation sites is 2. The van der Waals surface area contributed by atoms with Gasteiger partial charge in [-0.2, -0.15) is 0 Å². The van der Waals surface area contributed by atoms with E-state index in [9.17, 15) is 14.0 Å². The number of carbonyl (C=O) groups is 1. The van der Waals surface area contributed by atoms with Crippen molar-refractivity contribution in [1.82, 2.24) is 14.5 Å². The number of benzene rings is 3. The maximum atomic E-state index is 14.0. The molecule has 0 fully saturated rings. The van der Waals surface area contributed by atoms with E-state index in [1.54, 1.807) is 16.7 Å². The minimum atomic E-state index is -0.528. The Bertz CT molecular complexity index is 1300. The molecule has 1 amide bonds. The molecule has 0 aliphatic rings. The van der Waals surface area contributed by atoms with Gasteiger partial charge in [-0.15, -0.1) is 0 Å². The monoisotopic (exact) mass is 431 g/mol. The van der Waals surface area contributed by atoms with Crippen molar-refractivity contribution in [3.05, 3.63) is 106 Å². The minimum absolute atomic E-state index is 0.120. The molecule has 6 heteroatoms. The largest absolute Gasteiger partial charge is 0.344 e. The van der Waals surface area contributed by atoms with Crippen LogP contribution in [0.4, 0.5) is 4.39 Å². The molecule has 1 atom stereocenters. The number of rotatable bonds is 7. The molecule has 5 nitrogen and oxygen atoms in total. The first-order chi connectivity index (χ1) is 15.5. The van der Waals surface area contributed by atoms with Crippen LogP contribution in [0.15, 0.2) is 77.6 Å². The lowest BCUT2D eigenvalue weighted by molar-refractivity contribution is -0.122. The van der Waals surface area contributed by atoms with Crippen LogP contribution in [0, 0.1) is 5.82 Å². The molecule has 0 aliphatic carbocycles. The Kier molecular flexibility index (Phi) is 6.21. The van der Waals surface area contributed by atoms with Crippen LogP contribution in [0.25, 0.3) is 11.0 Å². The lowest BCUT2D eigenvalue weighted by Crippen LogP contribution is -2.35. The first kappa shape index (κ1) is 21.6. The zero-order valence-corrected chi connectivity index (χ0v) is 18.2. The summed E-state index contributed by atoms with van der Waals surface area (Å²) in [5, 5.41) is 3.01. The van der Waals surface area contributed by atoms with Crippen molar-refractivity contribution in [1.29, 1.82) is 0 Å². The Hall–Kier alpha value is -3.67. The quantitative estimate of drug-likeness (QED) is 0.471. The Labute approximate surface area is 186 Å². The molecule has 3 aromatic carbocycles. The summed E-state index contributed by atoms with van der Waals surface area (Å²) >= 11 is 0. The first-order valence-electron chi connectivity index (χ1n) is 10.8. The van der Waals surface area contributed by atoms with E-state index in [0.717, 1.165) is 17.5 Å². The Morgan fingerprint density at radius 1 is 0.906 bits per heavy atom. The number of halogens is 1. The van der Waals surface area contributed by atoms with Gasteiger partial charge in [0.2, 0.25) is 5.91 Å². The highest BCUT2D eigenvalue weighted by molar-refractivity contribution is 5.81. The summed E-state index contributed by atoms with van der Waals surface area (Å²) in [4.78, 5) is 26.0. The van der Waals surface area contributed by atoms with Gasteiger partial charge in [0.1, 0.15) is 12.4 Å². The van der Waals surface area contributed by atoms with E-state index in [1.807, 2.05) is 55.5 Å². The fraction of sp³-hybridized carbons (Fsp3) is 0.231. The standard InChI is InChI=1S/C26H26FN3O2/c1-3-18-12-14-19(15-13-18)25(20-8-7-9-21(27)16-20)28-24(31)17-30-23-11-6-5-10-22(23)29(4-2)26(30)32/h5-16,25H,3-4,17H2,1-2H3,(H,28,31). The highest BCUT2D eigenvalue weighted by Crippen LogP contribution is 2.24. The number of carbonyl (C=O) groups excluding carboxylic acids is 1. The molecule has 1 N–H and O–H groups in total. The molecule has 0 saturated heterocycles. The summed E-state index contributed by atoms with van der Waals surface area (Å²) in [6.45, 7) is 4.37. The van der Waals surface area contributed by atoms with Crippen LogP contribution in [-0.2, 0) is 24.3 Å². The zero-order chi connectivity index (χ0) is 22.7. The van der Waals surface area contributed by atoms with Gasteiger partial charge >= 0.3 is 5.69 Å². The highest BCUT2D eigenvalue weighted by atomic mass is 19.1. The molecule has 0 saturated carbocycles. The topological polar surface area (TPSA) is 56.0 Å². The van der Waals surface area contributed by atoms with Crippen LogP contribution in [-0.4, -0.2) is 15.0 Å². The summed E-state index contributed by atoms with van der Waals surface area (Å²) in [6, 6.07) is 21.0. The number of nitrogens with zero attached hydrogens (tertiary/aromatic N) is 2. The van der Waals surface area contributed by atoms with Gasteiger partial charge in [0.15, 0.2) is 0 Å². The minimum Gasteiger partial charge on any atom is -0.344 e. The van der Waals surface area contributed by atoms with Gasteiger partial charge in [-0.05, 0) is 54.3 Å². The van der Waals surface area contributed by atoms with E-state index < -0.39 is 6.04 Å². The van der Waals surface area contributed by atoms with Gasteiger partial charge in [0, 0.05) is 6.54 Å². The summed E-state index contributed by atoms with van der Waals surface area (Å²) in [7, 11) is 0. The second-order valence-electron chi connectivity index (χ2n) is 7.75. The van der Waals surface area contributed by atoms with Crippen LogP contribution in [0.5, 0.6) is 0 Å². The van der Waals surface area contributed by atoms with Crippen LogP contribution < -0.4 is 11.0 Å². The van der Waals surface area contributed by atoms with Crippen LogP contribution in [0.1, 0.15) is 36.6 Å². The third kappa shape index (κ3) is 4.21. The molecule has 1 aromatic heterocycles. The van der Waals surface area contributed by atoms with Gasteiger partial charge < -0.3 is 5.32 Å². The van der Waals surface area contributed by atoms with Crippen LogP contribution >= 0.6 is 0 Å². The van der Waals surface area contributed by atoms with Crippen molar-refractivity contribution in [3.63, 3.8) is 0 Å². The molecule has 1 unspecified atom stereocenters. The van der Waals surface area contributed by atoms with E-state index in [0.29, 0.717) is 17.6 Å². The maximum Gasteiger partial charge on any atom is 0.329 e. The SMILES string of the molecule is CCc1ccc(C(NC(=O)Cn2c(=O)n(CC)c3ccccc32)c2cccc(F)c2)cc1. The van der Waals surface area contributed by atoms with Gasteiger partial charge in [0.05, 0.1) is 17.1 Å². The molecular formula is C26H26FN3O2. The second kappa shape index (κ2) is 9.22. The zero-order valence-electron chi connectivity index (χ0n) is 18.2. The molecular weight excluding hydrogens is 405 g/mol. The molecule has 0 aliphatic heterocycles. The predicted octanol–water partition coefficient (Wildman–Crippen LogP) is 4.43. The maximum absolute atomic E-state index is 14.0. The van der Waals surface area contributed by atoms with E-state index in [4.69, 9.17) is 0 Å². The number of aryl methyl sites for hydroxylation is 2. The summed E-state index contributed by atoms with van der Waals surface area (Å²) < 4.78 is 17.1. The van der Waals surface area contributed by atoms with Crippen molar-refractivity contribution in [3.8, 4) is 0 Å². The first-order valence-corrected chi connectivity index (χ1v) is 10.8. The summed E-state index contributed by atoms with van der Waals surface area (Å²) in [5.41, 5.74) is 3.96. The molecule has 1 heterocycles. The molecule has 4 aromatic rings. The van der Waals surface area contributed by atoms with E-state index >= 15 is 0 Å². The molecule has 0 bridgehead atoms. The molecule has 164 valence electrons. The van der Waals surface area contributed by atoms with Crippen molar-refractivity contribution in [2.45, 2.75) is 39.4 Å². The number of imidazole rings is 1. The van der Waals surface area contributed by atoms with Crippen molar-refractivity contribution in [2.24, 2.45) is 0 Å². The number of nitrogens with one attached hydrogen (secondary N) is 1. The van der Waals surface area contributed by atoms with E-state index in [1.165, 1.54) is 22.3 Å². The van der Waals surface area contributed by atoms with Gasteiger partial charge in [0.25, 0.3) is 0 Å². The van der Waals surface area contributed by atoms with Gasteiger partial charge in [-0.1, -0.05) is 55.5 Å². The highest BCUT2D eigenvalue weighted by Gasteiger charge is 2.20. The number of hydrogen-bond acceptors (Lipinski definition) is 2. The van der Waals surface area contributed by atoms with Crippen molar-refractivity contribution >= 4 is 16.9 Å². The fourth-order valence-corrected chi connectivity index (χ4v) is 4.07. The number of hydrogen-bond donors (Lipinski definition) is 1. The number of fused-ring (bicyclic) bond motifs is 1. The summed E-state index contributed by atoms with van der Waals surface area (Å²) in [6.07, 6.45) is 0.904. The van der Waals surface area contributed by atoms with Gasteiger partial charge in [-0.3, -0.25) is 13.9 Å². The lowest BCUT2D eigenvalue weighted by Gasteiger charge is -2.20. The van der Waals surface area contributed by atoms with E-state index in [2.05, 4.69) is 12.2 Å². The number of amides is 1. The van der Waals surface area contributed by atoms with Gasteiger partial charge in [-0.25, -0.2) is 9.18 Å². The molecule has 0 radical (unpaired) electrons. The van der Waals surface area contributed by atoms with Crippen LogP contribution in [0.2, 0.25) is 0 Å². The predicted molar refractivity (Wildman–Crippen MR) is 124 cm³/mol. The average molecular weight is 432 g/mol. The lowest BCUT2D eigenvalue weighted by atomic mass is 9.97. The average Bonchev–Trinajstić information content (AvgIpc) is 3.08. The van der Waals surface area contributed by atoms with Crippen LogP contribution in [0.3, 0.4) is 0 Å². The Morgan fingerprint density at radius 2 is 1.59 bits per heavy atom. The third-order valence-corrected chi connectivity index (χ3v) is 5.75. The molecule has 0 spiro atoms. The van der Waals surface area contributed by atoms with E-state index in [-0.39, 0.29) is 24.0 Å². The number of aromatic nitrogens is 2. The normalized spacial score (nSPS) is 12.1. The van der Waals surface area contributed by atoms with Crippen molar-refractivity contribution in [2.75, 3.05) is 0 Å². The molecule has 4 rings (SSSR count). The van der Waals surface area contributed by atoms with Crippen molar-refractivity contribution < 1.29 is 9.18 Å². The Balaban J connectivity index is 1.67. The second-order valence-corrected chi connectivity index (χ2v) is 7.75. The smallest absolute Gasteiger partial charge is 0.329 e. The summed E-state index contributed by atoms with van der Waals surface area (Å²) in [5.74, 6) is -0.686. The fourth-order valence-electron chi connectivity index (χ4n) is 4.07. The third-order valence-electron chi connectivity index (χ3n) is 5.75. The molecule has 32 heavy (non-hydrogen) atoms.